The highest BCUT2D eigenvalue weighted by Gasteiger charge is 2.09. The highest BCUT2D eigenvalue weighted by atomic mass is 32.1. The van der Waals surface area contributed by atoms with Gasteiger partial charge in [-0.15, -0.1) is 11.3 Å². The van der Waals surface area contributed by atoms with E-state index in [0.29, 0.717) is 0 Å². The average Bonchev–Trinajstić information content (AvgIpc) is 2.76. The fourth-order valence-electron chi connectivity index (χ4n) is 2.02. The van der Waals surface area contributed by atoms with Crippen LogP contribution in [0.3, 0.4) is 0 Å². The van der Waals surface area contributed by atoms with E-state index in [1.54, 1.807) is 17.4 Å². The third kappa shape index (κ3) is 1.95. The monoisotopic (exact) mass is 252 g/mol. The number of hydrogen-bond donors (Lipinski definition) is 0. The molecule has 0 N–H and O–H groups in total. The number of rotatable bonds is 1. The van der Waals surface area contributed by atoms with Crippen LogP contribution in [-0.4, -0.2) is 5.78 Å². The van der Waals surface area contributed by atoms with Crippen LogP contribution in [0.15, 0.2) is 41.3 Å². The van der Waals surface area contributed by atoms with Crippen molar-refractivity contribution >= 4 is 35.3 Å². The van der Waals surface area contributed by atoms with Crippen molar-refractivity contribution in [1.29, 1.82) is 0 Å². The van der Waals surface area contributed by atoms with Gasteiger partial charge in [0.2, 0.25) is 0 Å². The molecule has 0 aliphatic heterocycles. The molecule has 1 aliphatic carbocycles. The van der Waals surface area contributed by atoms with E-state index in [1.165, 1.54) is 5.56 Å². The lowest BCUT2D eigenvalue weighted by atomic mass is 10.0. The minimum Gasteiger partial charge on any atom is -0.289 e. The van der Waals surface area contributed by atoms with Gasteiger partial charge in [-0.1, -0.05) is 24.3 Å². The van der Waals surface area contributed by atoms with Gasteiger partial charge in [0.15, 0.2) is 5.78 Å². The van der Waals surface area contributed by atoms with Crippen molar-refractivity contribution in [2.24, 2.45) is 0 Å². The van der Waals surface area contributed by atoms with Crippen LogP contribution in [0.25, 0.3) is 18.2 Å². The molecule has 88 valence electrons. The Labute approximate surface area is 109 Å². The van der Waals surface area contributed by atoms with Crippen LogP contribution >= 0.6 is 11.3 Å². The highest BCUT2D eigenvalue weighted by molar-refractivity contribution is 7.11. The van der Waals surface area contributed by atoms with E-state index in [1.807, 2.05) is 41.8 Å². The lowest BCUT2D eigenvalue weighted by molar-refractivity contribution is -0.109. The summed E-state index contributed by atoms with van der Waals surface area (Å²) in [6.45, 7) is 2.06. The first-order valence-corrected chi connectivity index (χ1v) is 6.71. The van der Waals surface area contributed by atoms with Crippen molar-refractivity contribution in [3.05, 3.63) is 62.2 Å². The SMILES string of the molecule is Cc1ccsc1/C=C1/C=c2ccccc2=CC1=O. The number of allylic oxidation sites excluding steroid dienone is 1. The molecule has 18 heavy (non-hydrogen) atoms. The number of benzene rings is 1. The Bertz CT molecular complexity index is 762. The van der Waals surface area contributed by atoms with Gasteiger partial charge in [-0.3, -0.25) is 4.79 Å². The van der Waals surface area contributed by atoms with Crippen molar-refractivity contribution < 1.29 is 4.79 Å². The van der Waals surface area contributed by atoms with Gasteiger partial charge < -0.3 is 0 Å². The minimum atomic E-state index is 0.0847. The lowest BCUT2D eigenvalue weighted by Crippen LogP contribution is -2.29. The van der Waals surface area contributed by atoms with Gasteiger partial charge in [0.1, 0.15) is 0 Å². The van der Waals surface area contributed by atoms with Crippen LogP contribution in [0, 0.1) is 6.92 Å². The number of carbonyl (C=O) groups is 1. The minimum absolute atomic E-state index is 0.0847. The van der Waals surface area contributed by atoms with Crippen molar-refractivity contribution in [1.82, 2.24) is 0 Å². The molecule has 1 aromatic carbocycles. The summed E-state index contributed by atoms with van der Waals surface area (Å²) in [6.07, 6.45) is 5.66. The highest BCUT2D eigenvalue weighted by Crippen LogP contribution is 2.20. The molecule has 1 aromatic heterocycles. The summed E-state index contributed by atoms with van der Waals surface area (Å²) in [4.78, 5) is 13.2. The van der Waals surface area contributed by atoms with Crippen LogP contribution in [-0.2, 0) is 4.79 Å². The summed E-state index contributed by atoms with van der Waals surface area (Å²) in [6, 6.07) is 10.0. The smallest absolute Gasteiger partial charge is 0.186 e. The van der Waals surface area contributed by atoms with E-state index in [9.17, 15) is 4.79 Å². The zero-order valence-electron chi connectivity index (χ0n) is 10.0. The molecular formula is C16H12OS. The lowest BCUT2D eigenvalue weighted by Gasteiger charge is -2.03. The molecule has 0 saturated heterocycles. The molecule has 0 radical (unpaired) electrons. The number of thiophene rings is 1. The number of ketones is 1. The zero-order chi connectivity index (χ0) is 12.5. The van der Waals surface area contributed by atoms with E-state index >= 15 is 0 Å². The topological polar surface area (TPSA) is 17.1 Å². The quantitative estimate of drug-likeness (QED) is 0.712. The Balaban J connectivity index is 2.17. The van der Waals surface area contributed by atoms with Crippen LogP contribution in [0.5, 0.6) is 0 Å². The Morgan fingerprint density at radius 2 is 1.78 bits per heavy atom. The first-order chi connectivity index (χ1) is 8.74. The van der Waals surface area contributed by atoms with Crippen molar-refractivity contribution in [3.8, 4) is 0 Å². The summed E-state index contributed by atoms with van der Waals surface area (Å²) in [5.74, 6) is 0.0847. The number of carbonyl (C=O) groups excluding carboxylic acids is 1. The standard InChI is InChI=1S/C16H12OS/c1-11-6-7-18-16(11)10-14-8-12-4-2-3-5-13(12)9-15(14)17/h2-10H,1H3/b14-10-. The van der Waals surface area contributed by atoms with Gasteiger partial charge in [0.05, 0.1) is 0 Å². The maximum atomic E-state index is 12.0. The van der Waals surface area contributed by atoms with E-state index < -0.39 is 0 Å². The van der Waals surface area contributed by atoms with Crippen molar-refractivity contribution in [3.63, 3.8) is 0 Å². The van der Waals surface area contributed by atoms with Crippen LogP contribution in [0.4, 0.5) is 0 Å². The molecule has 1 nitrogen and oxygen atoms in total. The molecule has 1 aliphatic rings. The van der Waals surface area contributed by atoms with Crippen molar-refractivity contribution in [2.75, 3.05) is 0 Å². The zero-order valence-corrected chi connectivity index (χ0v) is 10.8. The number of aryl methyl sites for hydroxylation is 1. The molecule has 0 saturated carbocycles. The van der Waals surface area contributed by atoms with Gasteiger partial charge in [0, 0.05) is 10.5 Å². The second-order valence-electron chi connectivity index (χ2n) is 4.35. The molecule has 3 rings (SSSR count). The summed E-state index contributed by atoms with van der Waals surface area (Å²) < 4.78 is 0. The van der Waals surface area contributed by atoms with Crippen molar-refractivity contribution in [2.45, 2.75) is 6.92 Å². The molecule has 0 spiro atoms. The second-order valence-corrected chi connectivity index (χ2v) is 5.30. The Morgan fingerprint density at radius 1 is 1.06 bits per heavy atom. The normalized spacial score (nSPS) is 16.1. The number of Topliss-reactive ketones (excluding diaryl/α,β-unsaturated/α-hetero) is 1. The molecule has 0 bridgehead atoms. The molecule has 2 aromatic rings. The van der Waals surface area contributed by atoms with Gasteiger partial charge >= 0.3 is 0 Å². The first kappa shape index (κ1) is 11.2. The molecule has 1 heterocycles. The summed E-state index contributed by atoms with van der Waals surface area (Å²) in [5.41, 5.74) is 1.98. The molecule has 0 atom stereocenters. The fourth-order valence-corrected chi connectivity index (χ4v) is 2.89. The third-order valence-electron chi connectivity index (χ3n) is 3.07. The Kier molecular flexibility index (Phi) is 2.73. The summed E-state index contributed by atoms with van der Waals surface area (Å²) in [7, 11) is 0. The predicted octanol–water partition coefficient (Wildman–Crippen LogP) is 2.28. The maximum Gasteiger partial charge on any atom is 0.186 e. The van der Waals surface area contributed by atoms with Gasteiger partial charge in [-0.25, -0.2) is 0 Å². The predicted molar refractivity (Wildman–Crippen MR) is 76.7 cm³/mol. The molecule has 0 fully saturated rings. The fraction of sp³-hybridized carbons (Fsp3) is 0.0625. The molecule has 2 heteroatoms. The van der Waals surface area contributed by atoms with Gasteiger partial charge in [-0.05, 0) is 52.6 Å². The van der Waals surface area contributed by atoms with Gasteiger partial charge in [-0.2, -0.15) is 0 Å². The van der Waals surface area contributed by atoms with Crippen LogP contribution in [0.1, 0.15) is 10.4 Å². The van der Waals surface area contributed by atoms with E-state index in [-0.39, 0.29) is 5.78 Å². The Morgan fingerprint density at radius 3 is 2.44 bits per heavy atom. The third-order valence-corrected chi connectivity index (χ3v) is 4.03. The van der Waals surface area contributed by atoms with Crippen LogP contribution in [0.2, 0.25) is 0 Å². The van der Waals surface area contributed by atoms with E-state index in [2.05, 4.69) is 13.0 Å². The first-order valence-electron chi connectivity index (χ1n) is 5.83. The van der Waals surface area contributed by atoms with E-state index in [4.69, 9.17) is 0 Å². The van der Waals surface area contributed by atoms with Gasteiger partial charge in [0.25, 0.3) is 0 Å². The Hall–Kier alpha value is -1.93. The van der Waals surface area contributed by atoms with E-state index in [0.717, 1.165) is 20.9 Å². The molecule has 0 unspecified atom stereocenters. The molecule has 0 amide bonds. The molecular weight excluding hydrogens is 240 g/mol. The largest absolute Gasteiger partial charge is 0.289 e. The van der Waals surface area contributed by atoms with Crippen LogP contribution < -0.4 is 10.4 Å². The summed E-state index contributed by atoms with van der Waals surface area (Å²) >= 11 is 1.66. The number of hydrogen-bond acceptors (Lipinski definition) is 2. The summed E-state index contributed by atoms with van der Waals surface area (Å²) in [5, 5.41) is 4.16. The average molecular weight is 252 g/mol. The number of fused-ring (bicyclic) bond motifs is 1. The maximum absolute atomic E-state index is 12.0. The second kappa shape index (κ2) is 4.39.